The molecule has 0 saturated carbocycles. The molecule has 7 nitrogen and oxygen atoms in total. The zero-order chi connectivity index (χ0) is 16.3. The van der Waals surface area contributed by atoms with Crippen molar-refractivity contribution in [3.8, 4) is 0 Å². The van der Waals surface area contributed by atoms with Crippen molar-refractivity contribution < 1.29 is 26.7 Å². The standard InChI is InChI=1S/C8H15NO2.C4H10O4S/c1-5-7(9(3)4)6(2)8(10)11;1-3-7-9(5,6)8-4-2/h5H2,1-4H3,(H,10,11);3-4H2,1-2H3/b7-6+;. The van der Waals surface area contributed by atoms with Crippen molar-refractivity contribution in [2.45, 2.75) is 34.1 Å². The first-order valence-corrected chi connectivity index (χ1v) is 7.60. The van der Waals surface area contributed by atoms with Gasteiger partial charge in [0.15, 0.2) is 0 Å². The molecular formula is C12H25NO6S. The Labute approximate surface area is 121 Å². The van der Waals surface area contributed by atoms with Gasteiger partial charge in [0.1, 0.15) is 0 Å². The van der Waals surface area contributed by atoms with Crippen molar-refractivity contribution in [1.29, 1.82) is 0 Å². The number of carbonyl (C=O) groups is 1. The third-order valence-corrected chi connectivity index (χ3v) is 3.20. The van der Waals surface area contributed by atoms with E-state index in [1.54, 1.807) is 20.8 Å². The summed E-state index contributed by atoms with van der Waals surface area (Å²) >= 11 is 0. The molecule has 0 aliphatic rings. The molecule has 0 aliphatic heterocycles. The number of rotatable bonds is 7. The first-order chi connectivity index (χ1) is 9.12. The van der Waals surface area contributed by atoms with E-state index in [-0.39, 0.29) is 13.2 Å². The van der Waals surface area contributed by atoms with Crippen LogP contribution in [0, 0.1) is 0 Å². The van der Waals surface area contributed by atoms with Gasteiger partial charge < -0.3 is 10.0 Å². The lowest BCUT2D eigenvalue weighted by Crippen LogP contribution is -2.15. The second-order valence-corrected chi connectivity index (χ2v) is 5.13. The minimum absolute atomic E-state index is 0.113. The monoisotopic (exact) mass is 311 g/mol. The van der Waals surface area contributed by atoms with Crippen molar-refractivity contribution in [3.05, 3.63) is 11.3 Å². The molecule has 0 fully saturated rings. The molecule has 0 aromatic heterocycles. The van der Waals surface area contributed by atoms with Crippen LogP contribution in [0.15, 0.2) is 11.3 Å². The first-order valence-electron chi connectivity index (χ1n) is 6.26. The van der Waals surface area contributed by atoms with Crippen LogP contribution in [0.3, 0.4) is 0 Å². The zero-order valence-electron chi connectivity index (χ0n) is 13.0. The molecule has 0 bridgehead atoms. The number of hydrogen-bond acceptors (Lipinski definition) is 6. The maximum atomic E-state index is 10.5. The molecule has 20 heavy (non-hydrogen) atoms. The molecule has 0 aromatic carbocycles. The maximum absolute atomic E-state index is 10.5. The molecule has 0 atom stereocenters. The summed E-state index contributed by atoms with van der Waals surface area (Å²) in [6.45, 7) is 6.96. The van der Waals surface area contributed by atoms with Crippen LogP contribution in [0.5, 0.6) is 0 Å². The first kappa shape index (κ1) is 21.2. The predicted octanol–water partition coefficient (Wildman–Crippen LogP) is 1.62. The summed E-state index contributed by atoms with van der Waals surface area (Å²) < 4.78 is 29.2. The molecular weight excluding hydrogens is 286 g/mol. The summed E-state index contributed by atoms with van der Waals surface area (Å²) in [5.41, 5.74) is 1.30. The number of allylic oxidation sites excluding steroid dienone is 1. The van der Waals surface area contributed by atoms with Crippen LogP contribution in [0.4, 0.5) is 0 Å². The van der Waals surface area contributed by atoms with Gasteiger partial charge in [-0.15, -0.1) is 0 Å². The Balaban J connectivity index is 0. The van der Waals surface area contributed by atoms with Gasteiger partial charge in [0.2, 0.25) is 0 Å². The quantitative estimate of drug-likeness (QED) is 0.714. The van der Waals surface area contributed by atoms with Crippen molar-refractivity contribution in [1.82, 2.24) is 4.90 Å². The molecule has 120 valence electrons. The predicted molar refractivity (Wildman–Crippen MR) is 76.5 cm³/mol. The number of aliphatic carboxylic acids is 1. The molecule has 0 amide bonds. The van der Waals surface area contributed by atoms with Crippen LogP contribution in [-0.2, 0) is 23.6 Å². The van der Waals surface area contributed by atoms with E-state index in [4.69, 9.17) is 5.11 Å². The van der Waals surface area contributed by atoms with Gasteiger partial charge in [-0.05, 0) is 27.2 Å². The maximum Gasteiger partial charge on any atom is 0.399 e. The molecule has 0 radical (unpaired) electrons. The van der Waals surface area contributed by atoms with E-state index in [0.717, 1.165) is 12.1 Å². The largest absolute Gasteiger partial charge is 0.478 e. The summed E-state index contributed by atoms with van der Waals surface area (Å²) in [6.07, 6.45) is 0.755. The van der Waals surface area contributed by atoms with Crippen LogP contribution < -0.4 is 0 Å². The molecule has 0 heterocycles. The smallest absolute Gasteiger partial charge is 0.399 e. The third kappa shape index (κ3) is 9.76. The summed E-state index contributed by atoms with van der Waals surface area (Å²) in [7, 11) is 0.0232. The second-order valence-electron chi connectivity index (χ2n) is 3.85. The highest BCUT2D eigenvalue weighted by atomic mass is 32.3. The fraction of sp³-hybridized carbons (Fsp3) is 0.750. The molecule has 0 spiro atoms. The zero-order valence-corrected chi connectivity index (χ0v) is 13.8. The van der Waals surface area contributed by atoms with Crippen LogP contribution >= 0.6 is 0 Å². The Morgan fingerprint density at radius 3 is 1.65 bits per heavy atom. The van der Waals surface area contributed by atoms with E-state index in [1.165, 1.54) is 0 Å². The van der Waals surface area contributed by atoms with Gasteiger partial charge in [0, 0.05) is 19.8 Å². The fourth-order valence-electron chi connectivity index (χ4n) is 1.36. The number of carboxylic acid groups (broad SMARTS) is 1. The van der Waals surface area contributed by atoms with E-state index < -0.39 is 16.4 Å². The van der Waals surface area contributed by atoms with Crippen molar-refractivity contribution in [3.63, 3.8) is 0 Å². The van der Waals surface area contributed by atoms with Gasteiger partial charge in [-0.3, -0.25) is 0 Å². The molecule has 0 aliphatic carbocycles. The Hall–Kier alpha value is -1.12. The van der Waals surface area contributed by atoms with Crippen LogP contribution in [-0.4, -0.2) is 51.7 Å². The topological polar surface area (TPSA) is 93.1 Å². The summed E-state index contributed by atoms with van der Waals surface area (Å²) in [6, 6.07) is 0. The van der Waals surface area contributed by atoms with Crippen LogP contribution in [0.1, 0.15) is 34.1 Å². The summed E-state index contributed by atoms with van der Waals surface area (Å²) in [5.74, 6) is -0.837. The number of carboxylic acids is 1. The Morgan fingerprint density at radius 1 is 1.10 bits per heavy atom. The molecule has 0 saturated heterocycles. The lowest BCUT2D eigenvalue weighted by molar-refractivity contribution is -0.132. The summed E-state index contributed by atoms with van der Waals surface area (Å²) in [5, 5.41) is 8.65. The molecule has 0 aromatic rings. The van der Waals surface area contributed by atoms with Crippen LogP contribution in [0.25, 0.3) is 0 Å². The van der Waals surface area contributed by atoms with Gasteiger partial charge in [-0.1, -0.05) is 6.92 Å². The lowest BCUT2D eigenvalue weighted by Gasteiger charge is -2.17. The SMILES string of the molecule is CC/C(=C(/C)C(=O)O)N(C)C.CCOS(=O)(=O)OCC. The highest BCUT2D eigenvalue weighted by Gasteiger charge is 2.08. The second kappa shape index (κ2) is 10.6. The minimum Gasteiger partial charge on any atom is -0.478 e. The molecule has 8 heteroatoms. The normalized spacial score (nSPS) is 12.1. The lowest BCUT2D eigenvalue weighted by atomic mass is 10.2. The average Bonchev–Trinajstić information content (AvgIpc) is 2.29. The van der Waals surface area contributed by atoms with E-state index >= 15 is 0 Å². The van der Waals surface area contributed by atoms with Crippen molar-refractivity contribution >= 4 is 16.4 Å². The van der Waals surface area contributed by atoms with Gasteiger partial charge in [0.25, 0.3) is 0 Å². The summed E-state index contributed by atoms with van der Waals surface area (Å²) in [4.78, 5) is 12.4. The number of hydrogen-bond donors (Lipinski definition) is 1. The fourth-order valence-corrected chi connectivity index (χ4v) is 2.01. The van der Waals surface area contributed by atoms with Gasteiger partial charge in [0.05, 0.1) is 18.8 Å². The highest BCUT2D eigenvalue weighted by Crippen LogP contribution is 2.10. The van der Waals surface area contributed by atoms with Crippen molar-refractivity contribution in [2.75, 3.05) is 27.3 Å². The van der Waals surface area contributed by atoms with E-state index in [0.29, 0.717) is 5.57 Å². The number of nitrogens with zero attached hydrogens (tertiary/aromatic N) is 1. The van der Waals surface area contributed by atoms with E-state index in [9.17, 15) is 13.2 Å². The third-order valence-electron chi connectivity index (χ3n) is 2.15. The van der Waals surface area contributed by atoms with E-state index in [2.05, 4.69) is 8.37 Å². The Kier molecular flexibility index (Phi) is 11.3. The molecule has 1 N–H and O–H groups in total. The highest BCUT2D eigenvalue weighted by molar-refractivity contribution is 7.81. The van der Waals surface area contributed by atoms with E-state index in [1.807, 2.05) is 25.9 Å². The van der Waals surface area contributed by atoms with Crippen LogP contribution in [0.2, 0.25) is 0 Å². The Bertz CT molecular complexity index is 402. The van der Waals surface area contributed by atoms with Gasteiger partial charge in [-0.25, -0.2) is 13.2 Å². The molecule has 0 rings (SSSR count). The molecule has 0 unspecified atom stereocenters. The Morgan fingerprint density at radius 2 is 1.50 bits per heavy atom. The minimum atomic E-state index is -3.68. The van der Waals surface area contributed by atoms with Gasteiger partial charge >= 0.3 is 16.4 Å². The van der Waals surface area contributed by atoms with Gasteiger partial charge in [-0.2, -0.15) is 8.42 Å². The van der Waals surface area contributed by atoms with Crippen molar-refractivity contribution in [2.24, 2.45) is 0 Å². The average molecular weight is 311 g/mol.